The predicted octanol–water partition coefficient (Wildman–Crippen LogP) is -2.62. The van der Waals surface area contributed by atoms with Crippen molar-refractivity contribution in [3.8, 4) is 0 Å². The van der Waals surface area contributed by atoms with Crippen molar-refractivity contribution >= 4 is 23.7 Å². The molecule has 0 saturated heterocycles. The van der Waals surface area contributed by atoms with E-state index in [1.165, 1.54) is 0 Å². The van der Waals surface area contributed by atoms with E-state index in [1.54, 1.807) is 0 Å². The number of hydrogen-bond donors (Lipinski definition) is 2. The van der Waals surface area contributed by atoms with E-state index in [4.69, 9.17) is 9.32 Å². The van der Waals surface area contributed by atoms with Gasteiger partial charge in [0.05, 0.1) is 23.7 Å². The Morgan fingerprint density at radius 3 is 1.00 bits per heavy atom. The van der Waals surface area contributed by atoms with Crippen LogP contribution in [-0.4, -0.2) is 9.32 Å². The molecule has 0 amide bonds. The minimum absolute atomic E-state index is 0. The molecule has 0 radical (unpaired) electrons. The van der Waals surface area contributed by atoms with Crippen molar-refractivity contribution < 1.29 is 40.3 Å². The summed E-state index contributed by atoms with van der Waals surface area (Å²) in [6, 6.07) is 0. The fraction of sp³-hybridized carbons (Fsp3) is 0. The molecule has 30 valence electrons. The van der Waals surface area contributed by atoms with Gasteiger partial charge in [-0.2, -0.15) is 0 Å². The molecule has 0 unspecified atom stereocenters. The SMILES string of the molecule is OCl.OCl.[H-].[Na+]. The molecular weight excluding hydrogens is 126 g/mol. The van der Waals surface area contributed by atoms with Crippen LogP contribution in [0.25, 0.3) is 0 Å². The molecule has 0 atom stereocenters. The Bertz CT molecular complexity index is 11.5. The van der Waals surface area contributed by atoms with E-state index in [9.17, 15) is 0 Å². The number of rotatable bonds is 0. The molecule has 0 saturated carbocycles. The monoisotopic (exact) mass is 128 g/mol. The molecule has 0 aromatic carbocycles. The van der Waals surface area contributed by atoms with Crippen LogP contribution < -0.4 is 29.6 Å². The summed E-state index contributed by atoms with van der Waals surface area (Å²) in [5.41, 5.74) is 0. The quantitative estimate of drug-likeness (QED) is 0.351. The third kappa shape index (κ3) is 29.9. The smallest absolute Gasteiger partial charge is 1.00 e. The fourth-order valence-corrected chi connectivity index (χ4v) is 0. The van der Waals surface area contributed by atoms with Crippen molar-refractivity contribution in [1.29, 1.82) is 0 Å². The summed E-state index contributed by atoms with van der Waals surface area (Å²) in [5, 5.41) is 0. The van der Waals surface area contributed by atoms with Crippen LogP contribution in [-0.2, 0) is 0 Å². The van der Waals surface area contributed by atoms with Gasteiger partial charge >= 0.3 is 29.6 Å². The molecule has 0 aliphatic heterocycles. The van der Waals surface area contributed by atoms with Crippen molar-refractivity contribution in [3.63, 3.8) is 0 Å². The Morgan fingerprint density at radius 2 is 1.00 bits per heavy atom. The normalized spacial score (nSPS) is 2.40. The van der Waals surface area contributed by atoms with Gasteiger partial charge in [0.15, 0.2) is 0 Å². The second kappa shape index (κ2) is 49.5. The van der Waals surface area contributed by atoms with Gasteiger partial charge in [-0.3, -0.25) is 9.32 Å². The Morgan fingerprint density at radius 1 is 1.00 bits per heavy atom. The van der Waals surface area contributed by atoms with Gasteiger partial charge < -0.3 is 1.43 Å². The molecule has 5 heteroatoms. The maximum absolute atomic E-state index is 6.47. The van der Waals surface area contributed by atoms with Crippen LogP contribution in [0.2, 0.25) is 0 Å². The topological polar surface area (TPSA) is 40.5 Å². The molecule has 0 aliphatic carbocycles. The van der Waals surface area contributed by atoms with Crippen molar-refractivity contribution in [2.45, 2.75) is 0 Å². The summed E-state index contributed by atoms with van der Waals surface area (Å²) in [7, 11) is 0. The van der Waals surface area contributed by atoms with E-state index in [0.29, 0.717) is 0 Å². The van der Waals surface area contributed by atoms with Crippen molar-refractivity contribution in [1.82, 2.24) is 0 Å². The van der Waals surface area contributed by atoms with Gasteiger partial charge in [0.2, 0.25) is 0 Å². The van der Waals surface area contributed by atoms with E-state index in [1.807, 2.05) is 0 Å². The zero-order valence-electron chi connectivity index (χ0n) is 3.65. The van der Waals surface area contributed by atoms with Gasteiger partial charge in [0.1, 0.15) is 0 Å². The Hall–Kier alpha value is 1.50. The van der Waals surface area contributed by atoms with Crippen LogP contribution in [0.1, 0.15) is 1.43 Å². The minimum atomic E-state index is 0. The molecule has 0 bridgehead atoms. The van der Waals surface area contributed by atoms with Crippen molar-refractivity contribution in [2.24, 2.45) is 0 Å². The van der Waals surface area contributed by atoms with Crippen LogP contribution in [0.15, 0.2) is 0 Å². The molecule has 0 aromatic rings. The summed E-state index contributed by atoms with van der Waals surface area (Å²) < 4.78 is 12.9. The van der Waals surface area contributed by atoms with Gasteiger partial charge in [-0.15, -0.1) is 0 Å². The second-order valence-electron chi connectivity index (χ2n) is 0. The zero-order valence-corrected chi connectivity index (χ0v) is 6.16. The first-order chi connectivity index (χ1) is 2.00. The molecule has 2 N–H and O–H groups in total. The largest absolute Gasteiger partial charge is 1.00 e. The van der Waals surface area contributed by atoms with Gasteiger partial charge in [-0.05, 0) is 0 Å². The van der Waals surface area contributed by atoms with Crippen LogP contribution >= 0.6 is 23.7 Å². The number of halogens is 2. The van der Waals surface area contributed by atoms with E-state index in [-0.39, 0.29) is 31.0 Å². The van der Waals surface area contributed by atoms with Crippen LogP contribution in [0.3, 0.4) is 0 Å². The molecule has 0 aromatic heterocycles. The second-order valence-corrected chi connectivity index (χ2v) is 0. The minimum Gasteiger partial charge on any atom is -1.00 e. The van der Waals surface area contributed by atoms with Crippen molar-refractivity contribution in [3.05, 3.63) is 0 Å². The maximum atomic E-state index is 6.47. The molecule has 0 rings (SSSR count). The third-order valence-electron chi connectivity index (χ3n) is 0. The average molecular weight is 129 g/mol. The molecule has 5 heavy (non-hydrogen) atoms. The van der Waals surface area contributed by atoms with Gasteiger partial charge in [0.25, 0.3) is 0 Å². The van der Waals surface area contributed by atoms with Gasteiger partial charge in [-0.25, -0.2) is 0 Å². The van der Waals surface area contributed by atoms with Crippen LogP contribution in [0.5, 0.6) is 0 Å². The van der Waals surface area contributed by atoms with Gasteiger partial charge in [0, 0.05) is 0 Å². The summed E-state index contributed by atoms with van der Waals surface area (Å²) in [5.74, 6) is 0. The summed E-state index contributed by atoms with van der Waals surface area (Å²) in [6.07, 6.45) is 0. The summed E-state index contributed by atoms with van der Waals surface area (Å²) in [6.45, 7) is 0. The van der Waals surface area contributed by atoms with E-state index in [2.05, 4.69) is 23.7 Å². The Labute approximate surface area is 63.8 Å². The molecule has 2 nitrogen and oxygen atoms in total. The zero-order chi connectivity index (χ0) is 4.00. The first-order valence-corrected chi connectivity index (χ1v) is 1.01. The molecular formula is H3Cl2NaO2. The summed E-state index contributed by atoms with van der Waals surface area (Å²) in [4.78, 5) is 0. The predicted molar refractivity (Wildman–Crippen MR) is 17.3 cm³/mol. The maximum Gasteiger partial charge on any atom is 1.00 e. The third-order valence-corrected chi connectivity index (χ3v) is 0. The molecule has 0 spiro atoms. The van der Waals surface area contributed by atoms with Crippen LogP contribution in [0.4, 0.5) is 0 Å². The fourth-order valence-electron chi connectivity index (χ4n) is 0. The standard InChI is InChI=1S/2ClHO.Na.H/c2*1-2;;/h2*2H;;/q;;+1;-1. The van der Waals surface area contributed by atoms with E-state index < -0.39 is 0 Å². The molecule has 0 aliphatic rings. The average Bonchev–Trinajstić information content (AvgIpc) is 1.50. The van der Waals surface area contributed by atoms with Crippen LogP contribution in [0, 0.1) is 0 Å². The number of hydrogen-bond acceptors (Lipinski definition) is 2. The molecule has 0 fully saturated rings. The Balaban J connectivity index is -0.00000000500. The molecule has 0 heterocycles. The first-order valence-electron chi connectivity index (χ1n) is 0.338. The first kappa shape index (κ1) is 16.1. The van der Waals surface area contributed by atoms with Crippen molar-refractivity contribution in [2.75, 3.05) is 0 Å². The summed E-state index contributed by atoms with van der Waals surface area (Å²) >= 11 is 7.28. The van der Waals surface area contributed by atoms with Gasteiger partial charge in [-0.1, -0.05) is 0 Å². The van der Waals surface area contributed by atoms with E-state index >= 15 is 0 Å². The van der Waals surface area contributed by atoms with E-state index in [0.717, 1.165) is 0 Å². The Kier molecular flexibility index (Phi) is 159.